The molecule has 7 heteroatoms. The van der Waals surface area contributed by atoms with Crippen molar-refractivity contribution in [3.63, 3.8) is 0 Å². The molecule has 6 nitrogen and oxygen atoms in total. The molecule has 1 heterocycles. The van der Waals surface area contributed by atoms with E-state index in [2.05, 4.69) is 0 Å². The fourth-order valence-corrected chi connectivity index (χ4v) is 2.21. The van der Waals surface area contributed by atoms with Crippen LogP contribution >= 0.6 is 0 Å². The summed E-state index contributed by atoms with van der Waals surface area (Å²) in [6.45, 7) is 7.83. The van der Waals surface area contributed by atoms with Gasteiger partial charge < -0.3 is 9.64 Å². The van der Waals surface area contributed by atoms with Crippen LogP contribution in [0.2, 0.25) is 0 Å². The molecule has 0 saturated carbocycles. The summed E-state index contributed by atoms with van der Waals surface area (Å²) in [5, 5.41) is 3.63. The van der Waals surface area contributed by atoms with Crippen LogP contribution in [0.25, 0.3) is 0 Å². The Kier molecular flexibility index (Phi) is 5.13. The second-order valence-electron chi connectivity index (χ2n) is 4.95. The number of carbonyl (C=O) groups excluding carboxylic acids is 1. The smallest absolute Gasteiger partial charge is 0.392 e. The average molecular weight is 287 g/mol. The number of carbonyl (C=O) groups is 1. The SMILES string of the molecule is CC1=C(OC(=O)N(C)C)N(C(C)C)N(C=S=O)C1C. The Morgan fingerprint density at radius 1 is 1.47 bits per heavy atom. The first kappa shape index (κ1) is 15.7. The van der Waals surface area contributed by atoms with E-state index in [0.717, 1.165) is 5.57 Å². The van der Waals surface area contributed by atoms with Gasteiger partial charge in [-0.15, -0.1) is 0 Å². The lowest BCUT2D eigenvalue weighted by molar-refractivity contribution is 0.00965. The lowest BCUT2D eigenvalue weighted by Gasteiger charge is -2.33. The molecular formula is C12H21N3O3S. The quantitative estimate of drug-likeness (QED) is 0.731. The van der Waals surface area contributed by atoms with Gasteiger partial charge in [0.05, 0.1) is 11.5 Å². The molecule has 0 saturated heterocycles. The zero-order chi connectivity index (χ0) is 14.7. The van der Waals surface area contributed by atoms with Gasteiger partial charge in [0.2, 0.25) is 5.88 Å². The number of ether oxygens (including phenoxy) is 1. The lowest BCUT2D eigenvalue weighted by atomic mass is 10.2. The predicted octanol–water partition coefficient (Wildman–Crippen LogP) is 1.22. The molecule has 0 radical (unpaired) electrons. The summed E-state index contributed by atoms with van der Waals surface area (Å²) in [5.74, 6) is 0.506. The topological polar surface area (TPSA) is 53.1 Å². The molecule has 1 unspecified atom stereocenters. The van der Waals surface area contributed by atoms with Crippen molar-refractivity contribution in [2.24, 2.45) is 0 Å². The molecular weight excluding hydrogens is 266 g/mol. The van der Waals surface area contributed by atoms with Gasteiger partial charge in [0.15, 0.2) is 0 Å². The van der Waals surface area contributed by atoms with Gasteiger partial charge in [-0.2, -0.15) is 5.01 Å². The highest BCUT2D eigenvalue weighted by atomic mass is 32.1. The first-order valence-corrected chi connectivity index (χ1v) is 6.91. The number of rotatable bonds is 3. The van der Waals surface area contributed by atoms with Crippen LogP contribution in [0.5, 0.6) is 0 Å². The third-order valence-electron chi connectivity index (χ3n) is 3.01. The van der Waals surface area contributed by atoms with Crippen molar-refractivity contribution in [1.29, 1.82) is 0 Å². The van der Waals surface area contributed by atoms with Crippen LogP contribution < -0.4 is 0 Å². The minimum absolute atomic E-state index is 0.00573. The van der Waals surface area contributed by atoms with Crippen LogP contribution in [-0.4, -0.2) is 56.9 Å². The molecule has 0 aromatic carbocycles. The number of hydrogen-bond acceptors (Lipinski definition) is 4. The molecule has 1 aliphatic rings. The fourth-order valence-electron chi connectivity index (χ4n) is 1.84. The molecule has 0 aromatic heterocycles. The highest BCUT2D eigenvalue weighted by Gasteiger charge is 2.37. The third-order valence-corrected chi connectivity index (χ3v) is 3.31. The molecule has 1 rings (SSSR count). The monoisotopic (exact) mass is 287 g/mol. The molecule has 1 aliphatic heterocycles. The largest absolute Gasteiger partial charge is 0.416 e. The Morgan fingerprint density at radius 2 is 2.05 bits per heavy atom. The average Bonchev–Trinajstić information content (AvgIpc) is 2.55. The maximum atomic E-state index is 11.7. The normalized spacial score (nSPS) is 19.9. The standard InChI is InChI=1S/C12H21N3O3S/c1-8(2)15-11(18-12(16)13(5)6)9(3)10(4)14(15)7-19-17/h7-8,10H,1-6H3. The van der Waals surface area contributed by atoms with E-state index in [1.54, 1.807) is 19.1 Å². The van der Waals surface area contributed by atoms with Crippen molar-refractivity contribution in [3.05, 3.63) is 11.5 Å². The van der Waals surface area contributed by atoms with E-state index in [1.807, 2.05) is 32.7 Å². The second kappa shape index (κ2) is 6.21. The van der Waals surface area contributed by atoms with E-state index in [1.165, 1.54) is 10.4 Å². The first-order valence-electron chi connectivity index (χ1n) is 6.10. The Labute approximate surface area is 117 Å². The molecule has 1 atom stereocenters. The van der Waals surface area contributed by atoms with E-state index < -0.39 is 6.09 Å². The highest BCUT2D eigenvalue weighted by molar-refractivity contribution is 7.64. The van der Waals surface area contributed by atoms with Crippen molar-refractivity contribution in [2.45, 2.75) is 39.8 Å². The van der Waals surface area contributed by atoms with Crippen LogP contribution in [0.15, 0.2) is 11.5 Å². The predicted molar refractivity (Wildman–Crippen MR) is 75.4 cm³/mol. The van der Waals surface area contributed by atoms with Crippen LogP contribution in [-0.2, 0) is 16.0 Å². The molecule has 1 amide bonds. The fraction of sp³-hybridized carbons (Fsp3) is 0.667. The Hall–Kier alpha value is -1.34. The molecule has 0 N–H and O–H groups in total. The minimum atomic E-state index is -0.427. The third kappa shape index (κ3) is 3.16. The second-order valence-corrected chi connectivity index (χ2v) is 5.35. The van der Waals surface area contributed by atoms with E-state index in [9.17, 15) is 9.00 Å². The van der Waals surface area contributed by atoms with E-state index in [0.29, 0.717) is 17.1 Å². The van der Waals surface area contributed by atoms with Crippen molar-refractivity contribution >= 4 is 22.8 Å². The summed E-state index contributed by atoms with van der Waals surface area (Å²) in [7, 11) is 3.27. The van der Waals surface area contributed by atoms with Gasteiger partial charge >= 0.3 is 6.09 Å². The lowest BCUT2D eigenvalue weighted by Crippen LogP contribution is -2.45. The Balaban J connectivity index is 3.10. The van der Waals surface area contributed by atoms with Gasteiger partial charge in [0, 0.05) is 25.7 Å². The molecule has 0 bridgehead atoms. The first-order chi connectivity index (χ1) is 8.81. The highest BCUT2D eigenvalue weighted by Crippen LogP contribution is 2.30. The summed E-state index contributed by atoms with van der Waals surface area (Å²) < 4.78 is 16.2. The number of hydrogen-bond donors (Lipinski definition) is 0. The van der Waals surface area contributed by atoms with Gasteiger partial charge in [-0.25, -0.2) is 9.00 Å². The van der Waals surface area contributed by atoms with Gasteiger partial charge in [0.1, 0.15) is 11.3 Å². The molecule has 108 valence electrons. The molecule has 0 aromatic rings. The van der Waals surface area contributed by atoms with Gasteiger partial charge in [0.25, 0.3) is 0 Å². The summed E-state index contributed by atoms with van der Waals surface area (Å²) in [4.78, 5) is 13.1. The zero-order valence-corrected chi connectivity index (χ0v) is 13.0. The van der Waals surface area contributed by atoms with Gasteiger partial charge in [-0.05, 0) is 27.7 Å². The Morgan fingerprint density at radius 3 is 2.47 bits per heavy atom. The van der Waals surface area contributed by atoms with Crippen molar-refractivity contribution < 1.29 is 13.7 Å². The van der Waals surface area contributed by atoms with Gasteiger partial charge in [-0.3, -0.25) is 5.01 Å². The van der Waals surface area contributed by atoms with Crippen LogP contribution in [0.3, 0.4) is 0 Å². The van der Waals surface area contributed by atoms with Crippen LogP contribution in [0.1, 0.15) is 27.7 Å². The minimum Gasteiger partial charge on any atom is -0.392 e. The summed E-state index contributed by atoms with van der Waals surface area (Å²) in [5.41, 5.74) is 2.42. The Bertz CT molecular complexity index is 442. The van der Waals surface area contributed by atoms with Crippen LogP contribution in [0, 0.1) is 0 Å². The maximum Gasteiger partial charge on any atom is 0.416 e. The van der Waals surface area contributed by atoms with E-state index in [4.69, 9.17) is 4.74 Å². The van der Waals surface area contributed by atoms with Gasteiger partial charge in [-0.1, -0.05) is 0 Å². The van der Waals surface area contributed by atoms with Crippen LogP contribution in [0.4, 0.5) is 4.79 Å². The maximum absolute atomic E-state index is 11.7. The molecule has 19 heavy (non-hydrogen) atoms. The number of amides is 1. The van der Waals surface area contributed by atoms with E-state index >= 15 is 0 Å². The van der Waals surface area contributed by atoms with Crippen molar-refractivity contribution in [1.82, 2.24) is 14.9 Å². The molecule has 0 fully saturated rings. The summed E-state index contributed by atoms with van der Waals surface area (Å²) >= 11 is 0.385. The molecule has 0 spiro atoms. The van der Waals surface area contributed by atoms with Crippen molar-refractivity contribution in [2.75, 3.05) is 14.1 Å². The van der Waals surface area contributed by atoms with Crippen molar-refractivity contribution in [3.8, 4) is 0 Å². The number of hydrazine groups is 1. The van der Waals surface area contributed by atoms with E-state index in [-0.39, 0.29) is 12.1 Å². The summed E-state index contributed by atoms with van der Waals surface area (Å²) in [6.07, 6.45) is -0.427. The molecule has 0 aliphatic carbocycles. The zero-order valence-electron chi connectivity index (χ0n) is 12.2. The number of nitrogens with zero attached hydrogens (tertiary/aromatic N) is 3. The summed E-state index contributed by atoms with van der Waals surface area (Å²) in [6, 6.07) is 0.0714.